The van der Waals surface area contributed by atoms with Gasteiger partial charge in [-0.3, -0.25) is 9.67 Å². The predicted octanol–water partition coefficient (Wildman–Crippen LogP) is 0.00480. The van der Waals surface area contributed by atoms with E-state index in [1.807, 2.05) is 7.05 Å². The molecule has 1 unspecified atom stereocenters. The molecule has 0 saturated heterocycles. The van der Waals surface area contributed by atoms with Crippen LogP contribution in [0.15, 0.2) is 11.3 Å². The van der Waals surface area contributed by atoms with Gasteiger partial charge in [0.05, 0.1) is 19.2 Å². The average molecular weight is 323 g/mol. The number of carbonyl (C=O) groups is 1. The monoisotopic (exact) mass is 323 g/mol. The van der Waals surface area contributed by atoms with Gasteiger partial charge in [-0.25, -0.2) is 9.78 Å². The van der Waals surface area contributed by atoms with Gasteiger partial charge in [0.1, 0.15) is 12.2 Å². The first kappa shape index (κ1) is 17.0. The van der Waals surface area contributed by atoms with Crippen molar-refractivity contribution in [2.75, 3.05) is 20.2 Å². The van der Waals surface area contributed by atoms with E-state index in [1.54, 1.807) is 18.7 Å². The molecular formula is C14H25N7O2. The molecule has 1 aliphatic rings. The molecule has 1 aromatic rings. The molecule has 0 radical (unpaired) electrons. The summed E-state index contributed by atoms with van der Waals surface area (Å²) in [5.74, 6) is 1.98. The lowest BCUT2D eigenvalue weighted by Crippen LogP contribution is -2.48. The summed E-state index contributed by atoms with van der Waals surface area (Å²) in [6.07, 6.45) is 3.40. The van der Waals surface area contributed by atoms with Crippen LogP contribution in [0.2, 0.25) is 0 Å². The van der Waals surface area contributed by atoms with Gasteiger partial charge < -0.3 is 20.7 Å². The molecule has 1 aliphatic carbocycles. The Morgan fingerprint density at radius 3 is 2.87 bits per heavy atom. The lowest BCUT2D eigenvalue weighted by molar-refractivity contribution is 0.146. The molecule has 0 spiro atoms. The molecule has 1 amide bonds. The predicted molar refractivity (Wildman–Crippen MR) is 85.9 cm³/mol. The van der Waals surface area contributed by atoms with Gasteiger partial charge in [-0.2, -0.15) is 5.10 Å². The molecule has 1 heterocycles. The largest absolute Gasteiger partial charge is 0.450 e. The van der Waals surface area contributed by atoms with Crippen molar-refractivity contribution in [3.8, 4) is 0 Å². The van der Waals surface area contributed by atoms with Crippen LogP contribution in [-0.4, -0.2) is 53.1 Å². The van der Waals surface area contributed by atoms with Gasteiger partial charge in [-0.15, -0.1) is 0 Å². The van der Waals surface area contributed by atoms with E-state index in [1.165, 1.54) is 6.33 Å². The van der Waals surface area contributed by atoms with Gasteiger partial charge in [0.2, 0.25) is 0 Å². The fourth-order valence-electron chi connectivity index (χ4n) is 2.23. The topological polar surface area (TPSA) is 105 Å². The number of carbonyl (C=O) groups excluding carboxylic acids is 1. The number of amides is 1. The van der Waals surface area contributed by atoms with Crippen LogP contribution in [0, 0.1) is 5.92 Å². The van der Waals surface area contributed by atoms with E-state index in [0.29, 0.717) is 31.6 Å². The Morgan fingerprint density at radius 2 is 2.30 bits per heavy atom. The minimum absolute atomic E-state index is 0.0439. The Morgan fingerprint density at radius 1 is 1.52 bits per heavy atom. The fraction of sp³-hybridized carbons (Fsp3) is 0.714. The maximum Gasteiger partial charge on any atom is 0.407 e. The summed E-state index contributed by atoms with van der Waals surface area (Å²) in [6.45, 7) is 3.29. The van der Waals surface area contributed by atoms with Gasteiger partial charge in [0.15, 0.2) is 5.96 Å². The Bertz CT molecular complexity index is 539. The highest BCUT2D eigenvalue weighted by Gasteiger charge is 2.32. The second-order valence-electron chi connectivity index (χ2n) is 5.42. The Hall–Kier alpha value is -2.32. The molecule has 0 aromatic carbocycles. The SMILES string of the molecule is CCOC(=O)NC(CNC(=NC)NCc1ncnn1C)C1CC1. The first-order valence-electron chi connectivity index (χ1n) is 7.84. The molecular weight excluding hydrogens is 298 g/mol. The summed E-state index contributed by atoms with van der Waals surface area (Å²) < 4.78 is 6.66. The minimum Gasteiger partial charge on any atom is -0.450 e. The van der Waals surface area contributed by atoms with E-state index in [4.69, 9.17) is 4.74 Å². The lowest BCUT2D eigenvalue weighted by Gasteiger charge is -2.20. The van der Waals surface area contributed by atoms with Crippen LogP contribution in [0.4, 0.5) is 4.79 Å². The Kier molecular flexibility index (Phi) is 6.19. The number of guanidine groups is 1. The molecule has 1 saturated carbocycles. The van der Waals surface area contributed by atoms with Crippen LogP contribution in [0.5, 0.6) is 0 Å². The van der Waals surface area contributed by atoms with Crippen molar-refractivity contribution in [2.45, 2.75) is 32.4 Å². The number of aromatic nitrogens is 3. The van der Waals surface area contributed by atoms with Gasteiger partial charge in [-0.1, -0.05) is 0 Å². The molecule has 0 aliphatic heterocycles. The third kappa shape index (κ3) is 5.42. The van der Waals surface area contributed by atoms with Crippen molar-refractivity contribution in [2.24, 2.45) is 18.0 Å². The number of ether oxygens (including phenoxy) is 1. The average Bonchev–Trinajstić information content (AvgIpc) is 3.30. The van der Waals surface area contributed by atoms with Gasteiger partial charge in [0.25, 0.3) is 0 Å². The number of rotatable bonds is 7. The second kappa shape index (κ2) is 8.35. The zero-order chi connectivity index (χ0) is 16.7. The van der Waals surface area contributed by atoms with E-state index >= 15 is 0 Å². The van der Waals surface area contributed by atoms with E-state index in [2.05, 4.69) is 31.0 Å². The van der Waals surface area contributed by atoms with Crippen molar-refractivity contribution >= 4 is 12.1 Å². The third-order valence-electron chi connectivity index (χ3n) is 3.70. The smallest absolute Gasteiger partial charge is 0.407 e. The van der Waals surface area contributed by atoms with Gasteiger partial charge in [0, 0.05) is 20.6 Å². The summed E-state index contributed by atoms with van der Waals surface area (Å²) in [5.41, 5.74) is 0. The van der Waals surface area contributed by atoms with Gasteiger partial charge >= 0.3 is 6.09 Å². The highest BCUT2D eigenvalue weighted by Crippen LogP contribution is 2.32. The molecule has 2 rings (SSSR count). The second-order valence-corrected chi connectivity index (χ2v) is 5.42. The summed E-state index contributed by atoms with van der Waals surface area (Å²) in [7, 11) is 3.55. The molecule has 9 heteroatoms. The van der Waals surface area contributed by atoms with Crippen LogP contribution < -0.4 is 16.0 Å². The van der Waals surface area contributed by atoms with E-state index in [9.17, 15) is 4.79 Å². The van der Waals surface area contributed by atoms with Crippen LogP contribution in [0.3, 0.4) is 0 Å². The molecule has 128 valence electrons. The van der Waals surface area contributed by atoms with Gasteiger partial charge in [-0.05, 0) is 25.7 Å². The van der Waals surface area contributed by atoms with Crippen molar-refractivity contribution in [1.29, 1.82) is 0 Å². The van der Waals surface area contributed by atoms with E-state index < -0.39 is 0 Å². The molecule has 9 nitrogen and oxygen atoms in total. The number of aliphatic imine (C=N–C) groups is 1. The molecule has 23 heavy (non-hydrogen) atoms. The molecule has 1 aromatic heterocycles. The van der Waals surface area contributed by atoms with E-state index in [0.717, 1.165) is 18.7 Å². The van der Waals surface area contributed by atoms with Crippen molar-refractivity contribution < 1.29 is 9.53 Å². The van der Waals surface area contributed by atoms with Crippen LogP contribution in [0.25, 0.3) is 0 Å². The maximum absolute atomic E-state index is 11.6. The molecule has 1 atom stereocenters. The Labute approximate surface area is 135 Å². The normalized spacial score (nSPS) is 15.9. The van der Waals surface area contributed by atoms with Crippen LogP contribution >= 0.6 is 0 Å². The summed E-state index contributed by atoms with van der Waals surface area (Å²) in [5, 5.41) is 13.3. The van der Waals surface area contributed by atoms with Crippen molar-refractivity contribution in [1.82, 2.24) is 30.7 Å². The van der Waals surface area contributed by atoms with Crippen LogP contribution in [-0.2, 0) is 18.3 Å². The molecule has 3 N–H and O–H groups in total. The summed E-state index contributed by atoms with van der Waals surface area (Å²) in [6, 6.07) is 0.0439. The minimum atomic E-state index is -0.367. The number of alkyl carbamates (subject to hydrolysis) is 1. The van der Waals surface area contributed by atoms with E-state index in [-0.39, 0.29) is 12.1 Å². The van der Waals surface area contributed by atoms with Crippen molar-refractivity contribution in [3.63, 3.8) is 0 Å². The highest BCUT2D eigenvalue weighted by molar-refractivity contribution is 5.79. The quantitative estimate of drug-likeness (QED) is 0.482. The molecule has 1 fully saturated rings. The van der Waals surface area contributed by atoms with Crippen molar-refractivity contribution in [3.05, 3.63) is 12.2 Å². The zero-order valence-electron chi connectivity index (χ0n) is 13.9. The fourth-order valence-corrected chi connectivity index (χ4v) is 2.23. The zero-order valence-corrected chi connectivity index (χ0v) is 13.9. The first-order valence-corrected chi connectivity index (χ1v) is 7.84. The molecule has 0 bridgehead atoms. The van der Waals surface area contributed by atoms with Crippen LogP contribution in [0.1, 0.15) is 25.6 Å². The number of hydrogen-bond acceptors (Lipinski definition) is 5. The number of nitrogens with zero attached hydrogens (tertiary/aromatic N) is 4. The standard InChI is InChI=1S/C14H25N7O2/c1-4-23-14(22)20-11(10-5-6-10)7-16-13(15-2)17-8-12-18-9-19-21(12)3/h9-11H,4-8H2,1-3H3,(H,20,22)(H2,15,16,17). The highest BCUT2D eigenvalue weighted by atomic mass is 16.5. The summed E-state index contributed by atoms with van der Waals surface area (Å²) >= 11 is 0. The maximum atomic E-state index is 11.6. The number of hydrogen-bond donors (Lipinski definition) is 3. The Balaban J connectivity index is 1.78. The number of nitrogens with one attached hydrogen (secondary N) is 3. The summed E-state index contributed by atoms with van der Waals surface area (Å²) in [4.78, 5) is 19.9. The first-order chi connectivity index (χ1) is 11.1. The number of aryl methyl sites for hydroxylation is 1. The third-order valence-corrected chi connectivity index (χ3v) is 3.70. The lowest BCUT2D eigenvalue weighted by atomic mass is 10.2.